The highest BCUT2D eigenvalue weighted by molar-refractivity contribution is 5.70. The molecular formula is C52H85NO7. The summed E-state index contributed by atoms with van der Waals surface area (Å²) in [7, 11) is 5.37. The van der Waals surface area contributed by atoms with Crippen molar-refractivity contribution in [3.05, 3.63) is 97.2 Å². The lowest BCUT2D eigenvalue weighted by molar-refractivity contribution is -0.889. The Balaban J connectivity index is 4.47. The van der Waals surface area contributed by atoms with Crippen molar-refractivity contribution in [3.8, 4) is 0 Å². The zero-order valence-electron chi connectivity index (χ0n) is 38.6. The van der Waals surface area contributed by atoms with E-state index >= 15 is 0 Å². The monoisotopic (exact) mass is 836 g/mol. The molecule has 0 aliphatic rings. The van der Waals surface area contributed by atoms with Crippen molar-refractivity contribution in [2.45, 2.75) is 174 Å². The van der Waals surface area contributed by atoms with Gasteiger partial charge in [-0.2, -0.15) is 0 Å². The van der Waals surface area contributed by atoms with Crippen LogP contribution >= 0.6 is 0 Å². The topological polar surface area (TPSA) is 102 Å². The summed E-state index contributed by atoms with van der Waals surface area (Å²) in [4.78, 5) is 36.9. The van der Waals surface area contributed by atoms with Crippen LogP contribution in [0.2, 0.25) is 0 Å². The van der Waals surface area contributed by atoms with Gasteiger partial charge in [0, 0.05) is 19.3 Å². The van der Waals surface area contributed by atoms with Crippen LogP contribution in [0.3, 0.4) is 0 Å². The Morgan fingerprint density at radius 2 is 0.967 bits per heavy atom. The van der Waals surface area contributed by atoms with E-state index in [2.05, 4.69) is 98.9 Å². The molecule has 0 aromatic carbocycles. The summed E-state index contributed by atoms with van der Waals surface area (Å²) in [5.74, 6) is -1.87. The number of likely N-dealkylation sites (N-methyl/N-ethyl adjacent to an activating group) is 1. The van der Waals surface area contributed by atoms with Gasteiger partial charge in [0.05, 0.1) is 40.3 Å². The molecule has 0 N–H and O–H groups in total. The van der Waals surface area contributed by atoms with Gasteiger partial charge in [-0.3, -0.25) is 9.59 Å². The third kappa shape index (κ3) is 39.7. The summed E-state index contributed by atoms with van der Waals surface area (Å²) in [6.07, 6.45) is 55.9. The quantitative estimate of drug-likeness (QED) is 0.0262. The fourth-order valence-electron chi connectivity index (χ4n) is 6.13. The summed E-state index contributed by atoms with van der Waals surface area (Å²) in [5, 5.41) is 11.6. The van der Waals surface area contributed by atoms with E-state index in [-0.39, 0.29) is 43.1 Å². The van der Waals surface area contributed by atoms with Crippen molar-refractivity contribution >= 4 is 17.9 Å². The van der Waals surface area contributed by atoms with Crippen molar-refractivity contribution < 1.29 is 38.2 Å². The molecule has 0 fully saturated rings. The van der Waals surface area contributed by atoms with Gasteiger partial charge in [0.15, 0.2) is 6.10 Å². The molecule has 0 saturated carbocycles. The minimum atomic E-state index is -1.14. The average molecular weight is 836 g/mol. The third-order valence-electron chi connectivity index (χ3n) is 9.72. The van der Waals surface area contributed by atoms with Crippen LogP contribution in [0.1, 0.15) is 162 Å². The molecule has 0 rings (SSSR count). The van der Waals surface area contributed by atoms with E-state index in [1.54, 1.807) is 21.1 Å². The number of esters is 2. The summed E-state index contributed by atoms with van der Waals surface area (Å²) < 4.78 is 17.1. The van der Waals surface area contributed by atoms with Crippen LogP contribution in [-0.4, -0.2) is 75.5 Å². The molecule has 2 atom stereocenters. The zero-order valence-corrected chi connectivity index (χ0v) is 38.6. The predicted octanol–water partition coefficient (Wildman–Crippen LogP) is 11.7. The van der Waals surface area contributed by atoms with Crippen LogP contribution in [0, 0.1) is 0 Å². The number of carbonyl (C=O) groups excluding carboxylic acids is 3. The Kier molecular flexibility index (Phi) is 39.3. The second-order valence-electron chi connectivity index (χ2n) is 16.3. The normalized spacial score (nSPS) is 13.8. The van der Waals surface area contributed by atoms with Gasteiger partial charge < -0.3 is 28.6 Å². The fraction of sp³-hybridized carbons (Fsp3) is 0.635. The van der Waals surface area contributed by atoms with Crippen molar-refractivity contribution in [1.82, 2.24) is 0 Å². The molecule has 0 aliphatic carbocycles. The van der Waals surface area contributed by atoms with Gasteiger partial charge in [0.25, 0.3) is 0 Å². The highest BCUT2D eigenvalue weighted by Crippen LogP contribution is 2.12. The van der Waals surface area contributed by atoms with Gasteiger partial charge in [-0.05, 0) is 83.5 Å². The van der Waals surface area contributed by atoms with E-state index in [4.69, 9.17) is 14.2 Å². The van der Waals surface area contributed by atoms with Gasteiger partial charge in [0.1, 0.15) is 12.6 Å². The molecule has 0 bridgehead atoms. The maximum atomic E-state index is 12.7. The predicted molar refractivity (Wildman–Crippen MR) is 249 cm³/mol. The van der Waals surface area contributed by atoms with E-state index in [1.807, 2.05) is 12.2 Å². The summed E-state index contributed by atoms with van der Waals surface area (Å²) >= 11 is 0. The molecular weight excluding hydrogens is 751 g/mol. The summed E-state index contributed by atoms with van der Waals surface area (Å²) in [6, 6.07) is -0.746. The number of nitrogens with zero attached hydrogens (tertiary/aromatic N) is 1. The van der Waals surface area contributed by atoms with Crippen LogP contribution in [0.5, 0.6) is 0 Å². The third-order valence-corrected chi connectivity index (χ3v) is 9.72. The number of hydrogen-bond donors (Lipinski definition) is 0. The standard InChI is InChI=1S/C52H85NO7/c1-6-8-10-12-14-16-18-20-22-24-25-27-29-31-33-35-37-39-41-43-51(55)60-48(46-58-45-44-49(52(56)57)53(3,4)5)47-59-50(54)42-40-38-36-34-32-30-28-26-23-21-19-17-15-13-11-9-7-2/h8,10,14-17,20-23,25,27,31,33,37,39,48-49H,6-7,9,11-13,18-19,24,26,28-30,32,34-36,38,40-47H2,1-5H3/b10-8+,16-14+,17-15+,22-20+,23-21+,27-25+,33-31+,39-37+. The van der Waals surface area contributed by atoms with Crippen LogP contribution < -0.4 is 5.11 Å². The first-order valence-electron chi connectivity index (χ1n) is 23.3. The SMILES string of the molecule is CC/C=C/C/C=C/C/C=C/C/C=C/C/C=C/C/C=C/CCC(=O)OC(COCCC(C(=O)[O-])[N+](C)(C)C)COC(=O)CCCCCCCCC/C=C/C/C=C/CCCCC. The van der Waals surface area contributed by atoms with E-state index < -0.39 is 24.1 Å². The number of carboxylic acids is 1. The highest BCUT2D eigenvalue weighted by atomic mass is 16.6. The second-order valence-corrected chi connectivity index (χ2v) is 16.3. The average Bonchev–Trinajstić information content (AvgIpc) is 3.21. The number of ether oxygens (including phenoxy) is 3. The Morgan fingerprint density at radius 1 is 0.517 bits per heavy atom. The van der Waals surface area contributed by atoms with Crippen LogP contribution in [0.4, 0.5) is 0 Å². The maximum Gasteiger partial charge on any atom is 0.306 e. The molecule has 0 aromatic rings. The lowest BCUT2D eigenvalue weighted by Crippen LogP contribution is -2.55. The molecule has 0 saturated heterocycles. The van der Waals surface area contributed by atoms with Crippen molar-refractivity contribution in [2.75, 3.05) is 41.0 Å². The van der Waals surface area contributed by atoms with E-state index in [1.165, 1.54) is 51.4 Å². The first-order chi connectivity index (χ1) is 29.1. The molecule has 0 radical (unpaired) electrons. The molecule has 0 aromatic heterocycles. The minimum absolute atomic E-state index is 0.00179. The Morgan fingerprint density at radius 3 is 1.45 bits per heavy atom. The number of hydrogen-bond acceptors (Lipinski definition) is 7. The van der Waals surface area contributed by atoms with Gasteiger partial charge in [-0.15, -0.1) is 0 Å². The number of allylic oxidation sites excluding steroid dienone is 16. The summed E-state index contributed by atoms with van der Waals surface area (Å²) in [5.41, 5.74) is 0. The molecule has 0 heterocycles. The maximum absolute atomic E-state index is 12.7. The Hall–Kier alpha value is -3.75. The number of quaternary nitrogens is 1. The lowest BCUT2D eigenvalue weighted by Gasteiger charge is -2.34. The Bertz CT molecular complexity index is 1300. The molecule has 8 heteroatoms. The molecule has 0 aliphatic heterocycles. The molecule has 340 valence electrons. The van der Waals surface area contributed by atoms with Gasteiger partial charge in [-0.1, -0.05) is 156 Å². The first-order valence-corrected chi connectivity index (χ1v) is 23.3. The number of aliphatic carboxylic acids is 1. The highest BCUT2D eigenvalue weighted by Gasteiger charge is 2.25. The molecule has 0 spiro atoms. The first kappa shape index (κ1) is 56.2. The zero-order chi connectivity index (χ0) is 44.2. The van der Waals surface area contributed by atoms with Gasteiger partial charge in [0.2, 0.25) is 0 Å². The van der Waals surface area contributed by atoms with E-state index in [0.717, 1.165) is 70.6 Å². The van der Waals surface area contributed by atoms with Crippen LogP contribution in [0.15, 0.2) is 97.2 Å². The van der Waals surface area contributed by atoms with E-state index in [9.17, 15) is 19.5 Å². The fourth-order valence-corrected chi connectivity index (χ4v) is 6.13. The van der Waals surface area contributed by atoms with Crippen molar-refractivity contribution in [3.63, 3.8) is 0 Å². The number of carboxylic acid groups (broad SMARTS) is 1. The van der Waals surface area contributed by atoms with Gasteiger partial charge in [-0.25, -0.2) is 0 Å². The van der Waals surface area contributed by atoms with Gasteiger partial charge >= 0.3 is 11.9 Å². The van der Waals surface area contributed by atoms with E-state index in [0.29, 0.717) is 12.8 Å². The molecule has 8 nitrogen and oxygen atoms in total. The second kappa shape index (κ2) is 42.0. The van der Waals surface area contributed by atoms with Crippen molar-refractivity contribution in [1.29, 1.82) is 0 Å². The number of unbranched alkanes of at least 4 members (excludes halogenated alkanes) is 10. The molecule has 60 heavy (non-hydrogen) atoms. The summed E-state index contributed by atoms with van der Waals surface area (Å²) in [6.45, 7) is 4.42. The van der Waals surface area contributed by atoms with Crippen LogP contribution in [0.25, 0.3) is 0 Å². The smallest absolute Gasteiger partial charge is 0.306 e. The number of rotatable bonds is 40. The molecule has 2 unspecified atom stereocenters. The van der Waals surface area contributed by atoms with Crippen LogP contribution in [-0.2, 0) is 28.6 Å². The minimum Gasteiger partial charge on any atom is -0.544 e. The van der Waals surface area contributed by atoms with Crippen molar-refractivity contribution in [2.24, 2.45) is 0 Å². The number of carbonyl (C=O) groups is 3. The Labute approximate surface area is 366 Å². The largest absolute Gasteiger partial charge is 0.544 e. The molecule has 0 amide bonds. The lowest BCUT2D eigenvalue weighted by atomic mass is 10.1.